The van der Waals surface area contributed by atoms with E-state index in [0.717, 1.165) is 36.8 Å². The summed E-state index contributed by atoms with van der Waals surface area (Å²) in [6.07, 6.45) is 7.89. The first-order valence-electron chi connectivity index (χ1n) is 9.04. The highest BCUT2D eigenvalue weighted by molar-refractivity contribution is 14.0. The van der Waals surface area contributed by atoms with Crippen molar-refractivity contribution in [3.8, 4) is 0 Å². The zero-order valence-corrected chi connectivity index (χ0v) is 17.9. The molecule has 0 amide bonds. The SMILES string of the molecule is COCc1ccccc1NC(N)=NCCCN(C)C1CCCCC1.I. The normalized spacial score (nSPS) is 15.9. The molecule has 0 unspecified atom stereocenters. The van der Waals surface area contributed by atoms with Crippen LogP contribution in [-0.4, -0.2) is 44.1 Å². The molecule has 1 aromatic carbocycles. The second kappa shape index (κ2) is 12.5. The number of aliphatic imine (C=N–C) groups is 1. The summed E-state index contributed by atoms with van der Waals surface area (Å²) in [5, 5.41) is 3.18. The molecule has 3 N–H and O–H groups in total. The minimum absolute atomic E-state index is 0. The summed E-state index contributed by atoms with van der Waals surface area (Å²) in [6, 6.07) is 8.76. The Balaban J connectivity index is 0.00000312. The number of guanidine groups is 1. The van der Waals surface area contributed by atoms with Crippen LogP contribution in [0.25, 0.3) is 0 Å². The van der Waals surface area contributed by atoms with Crippen LogP contribution in [0.2, 0.25) is 0 Å². The lowest BCUT2D eigenvalue weighted by Gasteiger charge is -2.31. The predicted octanol–water partition coefficient (Wildman–Crippen LogP) is 3.83. The molecular formula is C19H33IN4O. The molecule has 1 saturated carbocycles. The molecule has 2 rings (SSSR count). The van der Waals surface area contributed by atoms with Gasteiger partial charge < -0.3 is 20.7 Å². The first-order chi connectivity index (χ1) is 11.7. The Labute approximate surface area is 169 Å². The van der Waals surface area contributed by atoms with Gasteiger partial charge in [0.05, 0.1) is 6.61 Å². The highest BCUT2D eigenvalue weighted by Gasteiger charge is 2.17. The minimum atomic E-state index is 0. The van der Waals surface area contributed by atoms with Gasteiger partial charge in [0.2, 0.25) is 0 Å². The quantitative estimate of drug-likeness (QED) is 0.268. The maximum Gasteiger partial charge on any atom is 0.193 e. The monoisotopic (exact) mass is 460 g/mol. The van der Waals surface area contributed by atoms with Crippen LogP contribution in [-0.2, 0) is 11.3 Å². The maximum absolute atomic E-state index is 6.01. The Hall–Kier alpha value is -0.860. The van der Waals surface area contributed by atoms with Gasteiger partial charge in [-0.25, -0.2) is 0 Å². The Kier molecular flexibility index (Phi) is 11.1. The van der Waals surface area contributed by atoms with Crippen molar-refractivity contribution < 1.29 is 4.74 Å². The molecule has 0 aliphatic heterocycles. The highest BCUT2D eigenvalue weighted by Crippen LogP contribution is 2.21. The number of anilines is 1. The lowest BCUT2D eigenvalue weighted by atomic mass is 9.94. The third-order valence-electron chi connectivity index (χ3n) is 4.73. The van der Waals surface area contributed by atoms with Crippen LogP contribution >= 0.6 is 24.0 Å². The molecule has 5 nitrogen and oxygen atoms in total. The second-order valence-electron chi connectivity index (χ2n) is 6.61. The zero-order chi connectivity index (χ0) is 17.2. The second-order valence-corrected chi connectivity index (χ2v) is 6.61. The number of hydrogen-bond donors (Lipinski definition) is 2. The van der Waals surface area contributed by atoms with Crippen LogP contribution in [0, 0.1) is 0 Å². The van der Waals surface area contributed by atoms with E-state index in [4.69, 9.17) is 10.5 Å². The number of rotatable bonds is 8. The molecule has 1 fully saturated rings. The van der Waals surface area contributed by atoms with Crippen molar-refractivity contribution in [2.45, 2.75) is 51.2 Å². The van der Waals surface area contributed by atoms with E-state index in [0.29, 0.717) is 12.6 Å². The van der Waals surface area contributed by atoms with Gasteiger partial charge in [0.25, 0.3) is 0 Å². The number of para-hydroxylation sites is 1. The fourth-order valence-corrected chi connectivity index (χ4v) is 3.33. The summed E-state index contributed by atoms with van der Waals surface area (Å²) in [6.45, 7) is 2.40. The molecule has 1 aliphatic carbocycles. The molecule has 25 heavy (non-hydrogen) atoms. The maximum atomic E-state index is 6.01. The molecule has 0 saturated heterocycles. The van der Waals surface area contributed by atoms with Gasteiger partial charge in [-0.2, -0.15) is 0 Å². The lowest BCUT2D eigenvalue weighted by molar-refractivity contribution is 0.185. The molecular weight excluding hydrogens is 427 g/mol. The van der Waals surface area contributed by atoms with Gasteiger partial charge >= 0.3 is 0 Å². The minimum Gasteiger partial charge on any atom is -0.380 e. The summed E-state index contributed by atoms with van der Waals surface area (Å²) in [5.41, 5.74) is 8.05. The summed E-state index contributed by atoms with van der Waals surface area (Å²) in [5.74, 6) is 0.471. The summed E-state index contributed by atoms with van der Waals surface area (Å²) in [7, 11) is 3.93. The van der Waals surface area contributed by atoms with E-state index in [-0.39, 0.29) is 24.0 Å². The van der Waals surface area contributed by atoms with Crippen LogP contribution in [0.5, 0.6) is 0 Å². The van der Waals surface area contributed by atoms with Gasteiger partial charge in [0.1, 0.15) is 0 Å². The van der Waals surface area contributed by atoms with Gasteiger partial charge in [-0.05, 0) is 38.9 Å². The molecule has 1 aromatic rings. The van der Waals surface area contributed by atoms with Gasteiger partial charge in [-0.3, -0.25) is 4.99 Å². The Bertz CT molecular complexity index is 518. The van der Waals surface area contributed by atoms with Crippen LogP contribution in [0.1, 0.15) is 44.1 Å². The Morgan fingerprint density at radius 3 is 2.72 bits per heavy atom. The molecule has 0 radical (unpaired) electrons. The third kappa shape index (κ3) is 7.92. The number of nitrogens with two attached hydrogens (primary N) is 1. The van der Waals surface area contributed by atoms with Crippen molar-refractivity contribution in [3.63, 3.8) is 0 Å². The van der Waals surface area contributed by atoms with E-state index in [1.807, 2.05) is 24.3 Å². The Morgan fingerprint density at radius 2 is 2.00 bits per heavy atom. The molecule has 0 bridgehead atoms. The number of halogens is 1. The van der Waals surface area contributed by atoms with Crippen LogP contribution in [0.15, 0.2) is 29.3 Å². The summed E-state index contributed by atoms with van der Waals surface area (Å²) in [4.78, 5) is 6.95. The lowest BCUT2D eigenvalue weighted by Crippen LogP contribution is -2.34. The van der Waals surface area contributed by atoms with Crippen LogP contribution < -0.4 is 11.1 Å². The van der Waals surface area contributed by atoms with Gasteiger partial charge in [-0.15, -0.1) is 24.0 Å². The third-order valence-corrected chi connectivity index (χ3v) is 4.73. The molecule has 0 aromatic heterocycles. The van der Waals surface area contributed by atoms with E-state index >= 15 is 0 Å². The summed E-state index contributed by atoms with van der Waals surface area (Å²) < 4.78 is 5.21. The number of benzene rings is 1. The molecule has 0 heterocycles. The zero-order valence-electron chi connectivity index (χ0n) is 15.5. The molecule has 142 valence electrons. The predicted molar refractivity (Wildman–Crippen MR) is 117 cm³/mol. The van der Waals surface area contributed by atoms with Gasteiger partial charge in [-0.1, -0.05) is 37.5 Å². The standard InChI is InChI=1S/C19H32N4O.HI/c1-23(17-10-4-3-5-11-17)14-8-13-21-19(20)22-18-12-7-6-9-16(18)15-24-2;/h6-7,9,12,17H,3-5,8,10-11,13-15H2,1-2H3,(H3,20,21,22);1H. The average molecular weight is 460 g/mol. The number of nitrogens with zero attached hydrogens (tertiary/aromatic N) is 2. The summed E-state index contributed by atoms with van der Waals surface area (Å²) >= 11 is 0. The number of ether oxygens (including phenoxy) is 1. The fourth-order valence-electron chi connectivity index (χ4n) is 3.33. The Morgan fingerprint density at radius 1 is 1.28 bits per heavy atom. The van der Waals surface area contributed by atoms with Crippen molar-refractivity contribution in [2.75, 3.05) is 32.6 Å². The van der Waals surface area contributed by atoms with Crippen molar-refractivity contribution >= 4 is 35.6 Å². The average Bonchev–Trinajstić information content (AvgIpc) is 2.61. The van der Waals surface area contributed by atoms with Crippen LogP contribution in [0.3, 0.4) is 0 Å². The van der Waals surface area contributed by atoms with Crippen LogP contribution in [0.4, 0.5) is 5.69 Å². The molecule has 6 heteroatoms. The fraction of sp³-hybridized carbons (Fsp3) is 0.632. The first-order valence-corrected chi connectivity index (χ1v) is 9.04. The smallest absolute Gasteiger partial charge is 0.193 e. The molecule has 0 spiro atoms. The number of methoxy groups -OCH3 is 1. The van der Waals surface area contributed by atoms with E-state index < -0.39 is 0 Å². The highest BCUT2D eigenvalue weighted by atomic mass is 127. The molecule has 0 atom stereocenters. The topological polar surface area (TPSA) is 62.9 Å². The first kappa shape index (κ1) is 22.2. The number of hydrogen-bond acceptors (Lipinski definition) is 3. The van der Waals surface area contributed by atoms with Gasteiger partial charge in [0.15, 0.2) is 5.96 Å². The van der Waals surface area contributed by atoms with Crippen molar-refractivity contribution in [1.82, 2.24) is 4.90 Å². The van der Waals surface area contributed by atoms with E-state index in [2.05, 4.69) is 22.3 Å². The van der Waals surface area contributed by atoms with Gasteiger partial charge in [0, 0.05) is 30.9 Å². The van der Waals surface area contributed by atoms with Crippen molar-refractivity contribution in [3.05, 3.63) is 29.8 Å². The van der Waals surface area contributed by atoms with Crippen molar-refractivity contribution in [2.24, 2.45) is 10.7 Å². The largest absolute Gasteiger partial charge is 0.380 e. The van der Waals surface area contributed by atoms with E-state index in [1.165, 1.54) is 32.1 Å². The van der Waals surface area contributed by atoms with E-state index in [1.54, 1.807) is 7.11 Å². The van der Waals surface area contributed by atoms with Crippen molar-refractivity contribution in [1.29, 1.82) is 0 Å². The number of nitrogens with one attached hydrogen (secondary N) is 1. The van der Waals surface area contributed by atoms with E-state index in [9.17, 15) is 0 Å². The molecule has 1 aliphatic rings.